The Morgan fingerprint density at radius 1 is 1.06 bits per heavy atom. The Morgan fingerprint density at radius 3 is 2.61 bits per heavy atom. The van der Waals surface area contributed by atoms with Crippen LogP contribution in [-0.4, -0.2) is 70.2 Å². The summed E-state index contributed by atoms with van der Waals surface area (Å²) < 4.78 is 0. The van der Waals surface area contributed by atoms with E-state index in [1.807, 2.05) is 25.1 Å². The highest BCUT2D eigenvalue weighted by Crippen LogP contribution is 2.28. The Labute approximate surface area is 183 Å². The molecule has 9 heteroatoms. The van der Waals surface area contributed by atoms with Gasteiger partial charge in [-0.2, -0.15) is 0 Å². The number of hydrogen-bond donors (Lipinski definition) is 0. The van der Waals surface area contributed by atoms with Crippen molar-refractivity contribution >= 4 is 44.5 Å². The molecule has 158 valence electrons. The molecule has 2 aromatic heterocycles. The minimum absolute atomic E-state index is 0.0432. The summed E-state index contributed by atoms with van der Waals surface area (Å²) in [5.41, 5.74) is 2.66. The third kappa shape index (κ3) is 3.54. The first-order chi connectivity index (χ1) is 15.0. The van der Waals surface area contributed by atoms with Gasteiger partial charge in [-0.3, -0.25) is 19.3 Å². The highest BCUT2D eigenvalue weighted by Gasteiger charge is 2.36. The van der Waals surface area contributed by atoms with E-state index in [4.69, 9.17) is 0 Å². The van der Waals surface area contributed by atoms with Crippen LogP contribution in [0, 0.1) is 6.92 Å². The molecule has 0 bridgehead atoms. The summed E-state index contributed by atoms with van der Waals surface area (Å²) in [4.78, 5) is 52.9. The lowest BCUT2D eigenvalue weighted by Gasteiger charge is -2.34. The molecule has 5 rings (SSSR count). The number of imide groups is 1. The highest BCUT2D eigenvalue weighted by molar-refractivity contribution is 7.21. The zero-order valence-electron chi connectivity index (χ0n) is 17.1. The molecule has 0 aliphatic carbocycles. The van der Waals surface area contributed by atoms with Gasteiger partial charge in [-0.15, -0.1) is 0 Å². The number of nitrogens with zero attached hydrogens (tertiary/aromatic N) is 5. The predicted molar refractivity (Wildman–Crippen MR) is 117 cm³/mol. The maximum absolute atomic E-state index is 12.7. The number of hydrogen-bond acceptors (Lipinski definition) is 7. The number of aryl methyl sites for hydroxylation is 1. The molecular weight excluding hydrogens is 414 g/mol. The number of fused-ring (bicyclic) bond motifs is 2. The Kier molecular flexibility index (Phi) is 4.90. The van der Waals surface area contributed by atoms with Gasteiger partial charge in [-0.1, -0.05) is 23.0 Å². The molecule has 3 aromatic rings. The number of anilines is 1. The Bertz CT molecular complexity index is 1170. The molecule has 0 saturated carbocycles. The van der Waals surface area contributed by atoms with E-state index in [-0.39, 0.29) is 30.7 Å². The minimum Gasteiger partial charge on any atom is -0.344 e. The summed E-state index contributed by atoms with van der Waals surface area (Å²) >= 11 is 1.55. The van der Waals surface area contributed by atoms with Crippen molar-refractivity contribution in [1.29, 1.82) is 0 Å². The number of carbonyl (C=O) groups is 3. The molecule has 31 heavy (non-hydrogen) atoms. The van der Waals surface area contributed by atoms with Crippen LogP contribution in [-0.2, 0) is 4.79 Å². The number of carbonyl (C=O) groups excluding carboxylic acids is 3. The van der Waals surface area contributed by atoms with Crippen LogP contribution in [0.3, 0.4) is 0 Å². The average Bonchev–Trinajstić information content (AvgIpc) is 3.32. The maximum atomic E-state index is 12.7. The molecule has 0 radical (unpaired) electrons. The van der Waals surface area contributed by atoms with E-state index in [9.17, 15) is 14.4 Å². The molecule has 1 saturated heterocycles. The molecule has 1 fully saturated rings. The number of pyridine rings is 1. The summed E-state index contributed by atoms with van der Waals surface area (Å²) in [5, 5.41) is 0.919. The summed E-state index contributed by atoms with van der Waals surface area (Å²) in [6, 6.07) is 9.05. The molecule has 0 N–H and O–H groups in total. The molecule has 2 aliphatic rings. The summed E-state index contributed by atoms with van der Waals surface area (Å²) in [5.74, 6) is -0.675. The number of amides is 3. The monoisotopic (exact) mass is 435 g/mol. The standard InChI is InChI=1S/C22H21N5O3S/c1-14-4-5-15-16(13-14)21(30)27(20(15)29)8-6-18(28)25-9-11-26(12-10-25)22-24-17-3-2-7-23-19(17)31-22/h2-5,7,13H,6,8-12H2,1H3. The summed E-state index contributed by atoms with van der Waals surface area (Å²) in [6.45, 7) is 4.55. The molecule has 4 heterocycles. The molecule has 0 atom stereocenters. The van der Waals surface area contributed by atoms with Gasteiger partial charge in [0.2, 0.25) is 5.91 Å². The van der Waals surface area contributed by atoms with Gasteiger partial charge < -0.3 is 9.80 Å². The van der Waals surface area contributed by atoms with Crippen molar-refractivity contribution in [2.75, 3.05) is 37.6 Å². The van der Waals surface area contributed by atoms with Gasteiger partial charge in [0.05, 0.1) is 11.1 Å². The summed E-state index contributed by atoms with van der Waals surface area (Å²) in [6.07, 6.45) is 1.89. The molecule has 1 aromatic carbocycles. The first-order valence-electron chi connectivity index (χ1n) is 10.2. The van der Waals surface area contributed by atoms with Crippen molar-refractivity contribution in [3.05, 3.63) is 53.2 Å². The van der Waals surface area contributed by atoms with Gasteiger partial charge in [0.15, 0.2) is 5.13 Å². The first-order valence-corrected chi connectivity index (χ1v) is 11.0. The quantitative estimate of drug-likeness (QED) is 0.585. The fraction of sp³-hybridized carbons (Fsp3) is 0.318. The van der Waals surface area contributed by atoms with Crippen LogP contribution in [0.4, 0.5) is 5.13 Å². The van der Waals surface area contributed by atoms with Crippen molar-refractivity contribution < 1.29 is 14.4 Å². The van der Waals surface area contributed by atoms with Crippen LogP contribution < -0.4 is 4.90 Å². The van der Waals surface area contributed by atoms with E-state index < -0.39 is 0 Å². The van der Waals surface area contributed by atoms with E-state index in [1.165, 1.54) is 4.90 Å². The van der Waals surface area contributed by atoms with Gasteiger partial charge in [-0.05, 0) is 31.2 Å². The number of aromatic nitrogens is 2. The first kappa shape index (κ1) is 19.6. The zero-order valence-corrected chi connectivity index (χ0v) is 17.9. The van der Waals surface area contributed by atoms with Crippen LogP contribution >= 0.6 is 11.3 Å². The van der Waals surface area contributed by atoms with Crippen LogP contribution in [0.2, 0.25) is 0 Å². The fourth-order valence-corrected chi connectivity index (χ4v) is 4.97. The van der Waals surface area contributed by atoms with Crippen molar-refractivity contribution in [1.82, 2.24) is 19.8 Å². The van der Waals surface area contributed by atoms with E-state index in [1.54, 1.807) is 34.6 Å². The lowest BCUT2D eigenvalue weighted by molar-refractivity contribution is -0.131. The molecule has 8 nitrogen and oxygen atoms in total. The predicted octanol–water partition coefficient (Wildman–Crippen LogP) is 2.33. The van der Waals surface area contributed by atoms with Crippen molar-refractivity contribution in [3.8, 4) is 0 Å². The van der Waals surface area contributed by atoms with Crippen LogP contribution in [0.15, 0.2) is 36.5 Å². The zero-order chi connectivity index (χ0) is 21.5. The van der Waals surface area contributed by atoms with E-state index in [0.29, 0.717) is 37.3 Å². The lowest BCUT2D eigenvalue weighted by Crippen LogP contribution is -2.49. The highest BCUT2D eigenvalue weighted by atomic mass is 32.1. The van der Waals surface area contributed by atoms with Crippen molar-refractivity contribution in [3.63, 3.8) is 0 Å². The fourth-order valence-electron chi connectivity index (χ4n) is 4.01. The largest absolute Gasteiger partial charge is 0.344 e. The molecule has 0 spiro atoms. The molecular formula is C22H21N5O3S. The Morgan fingerprint density at radius 2 is 1.84 bits per heavy atom. The second-order valence-corrected chi connectivity index (χ2v) is 8.71. The van der Waals surface area contributed by atoms with Gasteiger partial charge in [-0.25, -0.2) is 9.97 Å². The summed E-state index contributed by atoms with van der Waals surface area (Å²) in [7, 11) is 0. The number of rotatable bonds is 4. The topological polar surface area (TPSA) is 86.7 Å². The van der Waals surface area contributed by atoms with Crippen molar-refractivity contribution in [2.45, 2.75) is 13.3 Å². The van der Waals surface area contributed by atoms with Crippen LogP contribution in [0.1, 0.15) is 32.7 Å². The van der Waals surface area contributed by atoms with Crippen molar-refractivity contribution in [2.24, 2.45) is 0 Å². The van der Waals surface area contributed by atoms with E-state index in [2.05, 4.69) is 14.9 Å². The Balaban J connectivity index is 1.17. The molecule has 0 unspecified atom stereocenters. The van der Waals surface area contributed by atoms with Crippen LogP contribution in [0.25, 0.3) is 10.3 Å². The molecule has 2 aliphatic heterocycles. The smallest absolute Gasteiger partial charge is 0.261 e. The van der Waals surface area contributed by atoms with Gasteiger partial charge in [0.25, 0.3) is 11.8 Å². The Hall–Kier alpha value is -3.33. The maximum Gasteiger partial charge on any atom is 0.261 e. The van der Waals surface area contributed by atoms with Gasteiger partial charge >= 0.3 is 0 Å². The third-order valence-electron chi connectivity index (χ3n) is 5.73. The number of thiazole rings is 1. The van der Waals surface area contributed by atoms with Crippen LogP contribution in [0.5, 0.6) is 0 Å². The third-order valence-corrected chi connectivity index (χ3v) is 6.77. The minimum atomic E-state index is -0.318. The number of piperazine rings is 1. The lowest BCUT2D eigenvalue weighted by atomic mass is 10.1. The normalized spacial score (nSPS) is 16.4. The second kappa shape index (κ2) is 7.73. The number of benzene rings is 1. The van der Waals surface area contributed by atoms with E-state index >= 15 is 0 Å². The van der Waals surface area contributed by atoms with E-state index in [0.717, 1.165) is 21.0 Å². The van der Waals surface area contributed by atoms with Gasteiger partial charge in [0, 0.05) is 45.3 Å². The van der Waals surface area contributed by atoms with Gasteiger partial charge in [0.1, 0.15) is 10.3 Å². The second-order valence-electron chi connectivity index (χ2n) is 7.75. The SMILES string of the molecule is Cc1ccc2c(c1)C(=O)N(CCC(=O)N1CCN(c3nc4cccnc4s3)CC1)C2=O. The average molecular weight is 436 g/mol. The molecule has 3 amide bonds.